The largest absolute Gasteiger partial charge is 0.310 e. The molecule has 0 spiro atoms. The summed E-state index contributed by atoms with van der Waals surface area (Å²) in [6.07, 6.45) is 0. The van der Waals surface area contributed by atoms with Crippen molar-refractivity contribution in [3.05, 3.63) is 64.7 Å². The highest BCUT2D eigenvalue weighted by atomic mass is 32.2. The predicted molar refractivity (Wildman–Crippen MR) is 120 cm³/mol. The molecule has 0 aliphatic heterocycles. The third-order valence-corrected chi connectivity index (χ3v) is 6.23. The summed E-state index contributed by atoms with van der Waals surface area (Å²) in [5.74, 6) is 0.644. The molecule has 3 aromatic heterocycles. The van der Waals surface area contributed by atoms with Crippen LogP contribution in [0.15, 0.2) is 46.1 Å². The van der Waals surface area contributed by atoms with Crippen LogP contribution in [0.1, 0.15) is 17.1 Å². The van der Waals surface area contributed by atoms with Crippen molar-refractivity contribution in [1.82, 2.24) is 24.7 Å². The normalized spacial score (nSPS) is 11.0. The summed E-state index contributed by atoms with van der Waals surface area (Å²) in [6.45, 7) is 5.62. The number of thioether (sulfide) groups is 1. The maximum absolute atomic E-state index is 13.1. The predicted octanol–water partition coefficient (Wildman–Crippen LogP) is 4.58. The molecule has 0 unspecified atom stereocenters. The van der Waals surface area contributed by atoms with Crippen LogP contribution in [0.25, 0.3) is 17.2 Å². The molecule has 1 aromatic carbocycles. The summed E-state index contributed by atoms with van der Waals surface area (Å²) in [5.41, 5.74) is 3.98. The van der Waals surface area contributed by atoms with Crippen molar-refractivity contribution in [1.29, 1.82) is 0 Å². The molecule has 1 amide bonds. The first-order valence-electron chi connectivity index (χ1n) is 9.41. The van der Waals surface area contributed by atoms with Gasteiger partial charge in [0.25, 0.3) is 5.95 Å². The lowest BCUT2D eigenvalue weighted by atomic mass is 10.2. The number of hydrogen-bond donors (Lipinski definition) is 1. The average molecular weight is 455 g/mol. The van der Waals surface area contributed by atoms with E-state index in [2.05, 4.69) is 25.4 Å². The van der Waals surface area contributed by atoms with Gasteiger partial charge in [-0.25, -0.2) is 19.3 Å². The summed E-state index contributed by atoms with van der Waals surface area (Å²) in [7, 11) is 0. The van der Waals surface area contributed by atoms with Gasteiger partial charge in [-0.3, -0.25) is 4.79 Å². The molecule has 0 aliphatic carbocycles. The third-order valence-electron chi connectivity index (χ3n) is 4.21. The van der Waals surface area contributed by atoms with Crippen LogP contribution < -0.4 is 5.32 Å². The molecule has 0 atom stereocenters. The molecule has 0 radical (unpaired) electrons. The van der Waals surface area contributed by atoms with Crippen LogP contribution in [-0.2, 0) is 4.79 Å². The minimum atomic E-state index is -0.286. The SMILES string of the molecule is Cc1cc(C)nc(-n2nc(C)cc2NC(=O)CSc2nc(-c3ccc(F)cc3)cs2)n1. The van der Waals surface area contributed by atoms with Crippen LogP contribution in [0.5, 0.6) is 0 Å². The fourth-order valence-electron chi connectivity index (χ4n) is 2.93. The smallest absolute Gasteiger partial charge is 0.252 e. The standard InChI is InChI=1S/C21H19FN6OS2/c1-12-8-13(2)24-20(23-12)28-18(9-14(3)27-28)26-19(29)11-31-21-25-17(10-30-21)15-4-6-16(22)7-5-15/h4-10H,11H2,1-3H3,(H,26,29). The molecule has 0 bridgehead atoms. The third kappa shape index (κ3) is 5.15. The summed E-state index contributed by atoms with van der Waals surface area (Å²) in [6, 6.07) is 9.83. The van der Waals surface area contributed by atoms with Crippen molar-refractivity contribution in [2.45, 2.75) is 25.1 Å². The minimum Gasteiger partial charge on any atom is -0.310 e. The average Bonchev–Trinajstić information content (AvgIpc) is 3.33. The first-order valence-corrected chi connectivity index (χ1v) is 11.3. The van der Waals surface area contributed by atoms with Crippen molar-refractivity contribution in [2.75, 3.05) is 11.1 Å². The maximum Gasteiger partial charge on any atom is 0.252 e. The topological polar surface area (TPSA) is 85.6 Å². The Morgan fingerprint density at radius 2 is 1.77 bits per heavy atom. The number of aryl methyl sites for hydroxylation is 3. The molecule has 4 rings (SSSR count). The van der Waals surface area contributed by atoms with E-state index < -0.39 is 0 Å². The number of aromatic nitrogens is 5. The molecule has 0 saturated heterocycles. The lowest BCUT2D eigenvalue weighted by Gasteiger charge is -2.08. The fraction of sp³-hybridized carbons (Fsp3) is 0.190. The number of rotatable bonds is 6. The van der Waals surface area contributed by atoms with Gasteiger partial charge in [-0.1, -0.05) is 11.8 Å². The molecule has 0 fully saturated rings. The minimum absolute atomic E-state index is 0.186. The van der Waals surface area contributed by atoms with E-state index in [1.165, 1.54) is 39.9 Å². The highest BCUT2D eigenvalue weighted by Crippen LogP contribution is 2.28. The fourth-order valence-corrected chi connectivity index (χ4v) is 4.56. The van der Waals surface area contributed by atoms with Gasteiger partial charge in [-0.2, -0.15) is 9.78 Å². The van der Waals surface area contributed by atoms with Gasteiger partial charge >= 0.3 is 0 Å². The number of nitrogens with one attached hydrogen (secondary N) is 1. The number of benzene rings is 1. The number of nitrogens with zero attached hydrogens (tertiary/aromatic N) is 5. The Labute approximate surface area is 186 Å². The number of halogens is 1. The van der Waals surface area contributed by atoms with E-state index in [0.717, 1.165) is 32.7 Å². The van der Waals surface area contributed by atoms with Gasteiger partial charge in [0.1, 0.15) is 11.6 Å². The number of carbonyl (C=O) groups excluding carboxylic acids is 1. The van der Waals surface area contributed by atoms with Crippen LogP contribution in [-0.4, -0.2) is 36.4 Å². The van der Waals surface area contributed by atoms with Crippen LogP contribution in [0.4, 0.5) is 10.2 Å². The van der Waals surface area contributed by atoms with Crippen LogP contribution in [0.2, 0.25) is 0 Å². The molecular formula is C21H19FN6OS2. The van der Waals surface area contributed by atoms with Crippen molar-refractivity contribution >= 4 is 34.8 Å². The molecule has 158 valence electrons. The molecule has 3 heterocycles. The monoisotopic (exact) mass is 454 g/mol. The summed E-state index contributed by atoms with van der Waals surface area (Å²) in [4.78, 5) is 25.9. The molecule has 4 aromatic rings. The number of amides is 1. The Kier molecular flexibility index (Phi) is 6.10. The van der Waals surface area contributed by atoms with Gasteiger partial charge in [-0.15, -0.1) is 11.3 Å². The highest BCUT2D eigenvalue weighted by Gasteiger charge is 2.15. The van der Waals surface area contributed by atoms with Crippen LogP contribution in [0.3, 0.4) is 0 Å². The van der Waals surface area contributed by atoms with E-state index >= 15 is 0 Å². The van der Waals surface area contributed by atoms with Gasteiger partial charge < -0.3 is 5.32 Å². The Balaban J connectivity index is 1.43. The van der Waals surface area contributed by atoms with E-state index in [1.54, 1.807) is 18.2 Å². The Morgan fingerprint density at radius 3 is 2.48 bits per heavy atom. The van der Waals surface area contributed by atoms with Crippen molar-refractivity contribution in [3.8, 4) is 17.2 Å². The summed E-state index contributed by atoms with van der Waals surface area (Å²) >= 11 is 2.78. The number of anilines is 1. The van der Waals surface area contributed by atoms with Crippen molar-refractivity contribution < 1.29 is 9.18 Å². The zero-order valence-corrected chi connectivity index (χ0v) is 18.7. The zero-order chi connectivity index (χ0) is 22.0. The summed E-state index contributed by atoms with van der Waals surface area (Å²) in [5, 5.41) is 9.18. The quantitative estimate of drug-likeness (QED) is 0.429. The molecule has 1 N–H and O–H groups in total. The second kappa shape index (κ2) is 8.94. The van der Waals surface area contributed by atoms with Gasteiger partial charge in [0.2, 0.25) is 5.91 Å². The van der Waals surface area contributed by atoms with Gasteiger partial charge in [0.05, 0.1) is 17.1 Å². The number of hydrogen-bond acceptors (Lipinski definition) is 7. The van der Waals surface area contributed by atoms with Crippen LogP contribution in [0, 0.1) is 26.6 Å². The lowest BCUT2D eigenvalue weighted by molar-refractivity contribution is -0.113. The van der Waals surface area contributed by atoms with E-state index in [4.69, 9.17) is 0 Å². The van der Waals surface area contributed by atoms with E-state index in [1.807, 2.05) is 32.2 Å². The molecular weight excluding hydrogens is 435 g/mol. The Morgan fingerprint density at radius 1 is 1.06 bits per heavy atom. The Hall–Kier alpha value is -3.11. The van der Waals surface area contributed by atoms with Gasteiger partial charge in [0, 0.05) is 28.4 Å². The van der Waals surface area contributed by atoms with E-state index in [0.29, 0.717) is 11.8 Å². The maximum atomic E-state index is 13.1. The zero-order valence-electron chi connectivity index (χ0n) is 17.1. The van der Waals surface area contributed by atoms with Crippen molar-refractivity contribution in [2.24, 2.45) is 0 Å². The van der Waals surface area contributed by atoms with E-state index in [9.17, 15) is 9.18 Å². The lowest BCUT2D eigenvalue weighted by Crippen LogP contribution is -2.18. The summed E-state index contributed by atoms with van der Waals surface area (Å²) < 4.78 is 15.4. The highest BCUT2D eigenvalue weighted by molar-refractivity contribution is 8.01. The number of carbonyl (C=O) groups is 1. The first-order chi connectivity index (χ1) is 14.9. The second-order valence-corrected chi connectivity index (χ2v) is 8.96. The molecule has 0 aliphatic rings. The second-order valence-electron chi connectivity index (χ2n) is 6.88. The van der Waals surface area contributed by atoms with Crippen LogP contribution >= 0.6 is 23.1 Å². The Bertz CT molecular complexity index is 1210. The molecule has 31 heavy (non-hydrogen) atoms. The molecule has 7 nitrogen and oxygen atoms in total. The van der Waals surface area contributed by atoms with E-state index in [-0.39, 0.29) is 17.5 Å². The molecule has 0 saturated carbocycles. The number of thiazole rings is 1. The van der Waals surface area contributed by atoms with Gasteiger partial charge in [0.15, 0.2) is 4.34 Å². The van der Waals surface area contributed by atoms with Crippen molar-refractivity contribution in [3.63, 3.8) is 0 Å². The first kappa shape index (κ1) is 21.1. The van der Waals surface area contributed by atoms with Gasteiger partial charge in [-0.05, 0) is 51.1 Å². The molecule has 10 heteroatoms.